The molecule has 0 N–H and O–H groups in total. The molecular weight excluding hydrogens is 180 g/mol. The Bertz CT molecular complexity index is 227. The van der Waals surface area contributed by atoms with Crippen LogP contribution in [0.1, 0.15) is 12.8 Å². The van der Waals surface area contributed by atoms with Crippen molar-refractivity contribution in [1.82, 2.24) is 4.90 Å². The van der Waals surface area contributed by atoms with Crippen LogP contribution in [0.25, 0.3) is 4.85 Å². The van der Waals surface area contributed by atoms with E-state index in [2.05, 4.69) is 9.74 Å². The first-order valence-electron chi connectivity index (χ1n) is 4.91. The number of likely N-dealkylation sites (tertiary alicyclic amines) is 1. The fraction of sp³-hybridized carbons (Fsp3) is 0.800. The predicted molar refractivity (Wildman–Crippen MR) is 52.6 cm³/mol. The van der Waals surface area contributed by atoms with Crippen molar-refractivity contribution in [2.45, 2.75) is 12.8 Å². The summed E-state index contributed by atoms with van der Waals surface area (Å²) >= 11 is 0. The summed E-state index contributed by atoms with van der Waals surface area (Å²) in [5, 5.41) is 0. The summed E-state index contributed by atoms with van der Waals surface area (Å²) < 4.78 is 4.70. The van der Waals surface area contributed by atoms with Crippen molar-refractivity contribution >= 4 is 5.97 Å². The lowest BCUT2D eigenvalue weighted by atomic mass is 9.97. The Morgan fingerprint density at radius 2 is 2.21 bits per heavy atom. The number of piperidine rings is 1. The fourth-order valence-electron chi connectivity index (χ4n) is 1.75. The molecule has 1 rings (SSSR count). The molecule has 0 aliphatic carbocycles. The number of nitrogens with zero attached hydrogens (tertiary/aromatic N) is 2. The Morgan fingerprint density at radius 3 is 2.71 bits per heavy atom. The van der Waals surface area contributed by atoms with Gasteiger partial charge in [-0.1, -0.05) is 0 Å². The zero-order valence-corrected chi connectivity index (χ0v) is 8.53. The van der Waals surface area contributed by atoms with E-state index < -0.39 is 0 Å². The molecule has 0 amide bonds. The maximum Gasteiger partial charge on any atom is 0.308 e. The van der Waals surface area contributed by atoms with Crippen molar-refractivity contribution in [3.8, 4) is 0 Å². The summed E-state index contributed by atoms with van der Waals surface area (Å²) in [5.41, 5.74) is 0. The molecule has 1 aliphatic heterocycles. The number of carbonyl (C=O) groups excluding carboxylic acids is 1. The molecule has 0 bridgehead atoms. The van der Waals surface area contributed by atoms with Gasteiger partial charge in [-0.15, -0.1) is 0 Å². The Hall–Kier alpha value is -1.08. The Balaban J connectivity index is 2.25. The van der Waals surface area contributed by atoms with Crippen LogP contribution < -0.4 is 0 Å². The average Bonchev–Trinajstić information content (AvgIpc) is 2.26. The van der Waals surface area contributed by atoms with Crippen molar-refractivity contribution < 1.29 is 9.53 Å². The van der Waals surface area contributed by atoms with Gasteiger partial charge in [0.25, 0.3) is 0 Å². The van der Waals surface area contributed by atoms with Crippen LogP contribution in [0, 0.1) is 12.5 Å². The smallest absolute Gasteiger partial charge is 0.308 e. The number of hydrogen-bond acceptors (Lipinski definition) is 3. The lowest BCUT2D eigenvalue weighted by Crippen LogP contribution is -2.37. The van der Waals surface area contributed by atoms with Crippen LogP contribution in [0.2, 0.25) is 0 Å². The van der Waals surface area contributed by atoms with Gasteiger partial charge in [0.1, 0.15) is 0 Å². The minimum atomic E-state index is -0.0881. The van der Waals surface area contributed by atoms with Crippen LogP contribution in [0.4, 0.5) is 0 Å². The van der Waals surface area contributed by atoms with Crippen molar-refractivity contribution in [1.29, 1.82) is 0 Å². The number of methoxy groups -OCH3 is 1. The molecule has 0 radical (unpaired) electrons. The second-order valence-electron chi connectivity index (χ2n) is 3.52. The van der Waals surface area contributed by atoms with Crippen LogP contribution in [0.15, 0.2) is 0 Å². The molecule has 0 spiro atoms. The van der Waals surface area contributed by atoms with Crippen molar-refractivity contribution in [3.05, 3.63) is 11.4 Å². The molecule has 14 heavy (non-hydrogen) atoms. The third kappa shape index (κ3) is 3.00. The molecule has 1 aliphatic rings. The van der Waals surface area contributed by atoms with Gasteiger partial charge < -0.3 is 9.58 Å². The molecule has 1 fully saturated rings. The summed E-state index contributed by atoms with van der Waals surface area (Å²) in [6, 6.07) is 0. The van der Waals surface area contributed by atoms with Gasteiger partial charge in [0.2, 0.25) is 6.54 Å². The predicted octanol–water partition coefficient (Wildman–Crippen LogP) is 0.791. The molecule has 4 heteroatoms. The largest absolute Gasteiger partial charge is 0.469 e. The Labute approximate surface area is 84.7 Å². The van der Waals surface area contributed by atoms with E-state index in [4.69, 9.17) is 11.3 Å². The van der Waals surface area contributed by atoms with Crippen LogP contribution in [-0.2, 0) is 9.53 Å². The van der Waals surface area contributed by atoms with Crippen LogP contribution in [0.3, 0.4) is 0 Å². The lowest BCUT2D eigenvalue weighted by Gasteiger charge is -2.29. The maximum absolute atomic E-state index is 11.2. The molecule has 78 valence electrons. The number of carbonyl (C=O) groups is 1. The summed E-state index contributed by atoms with van der Waals surface area (Å²) in [6.45, 7) is 9.90. The fourth-order valence-corrected chi connectivity index (χ4v) is 1.75. The van der Waals surface area contributed by atoms with Gasteiger partial charge in [-0.2, -0.15) is 0 Å². The zero-order valence-electron chi connectivity index (χ0n) is 8.53. The maximum atomic E-state index is 11.2. The van der Waals surface area contributed by atoms with E-state index in [1.807, 2.05) is 0 Å². The molecule has 0 saturated carbocycles. The van der Waals surface area contributed by atoms with E-state index in [1.165, 1.54) is 7.11 Å². The van der Waals surface area contributed by atoms with Crippen molar-refractivity contribution in [3.63, 3.8) is 0 Å². The minimum absolute atomic E-state index is 0.0733. The van der Waals surface area contributed by atoms with E-state index >= 15 is 0 Å². The SMILES string of the molecule is [C-]#[N+]CCN1CCC(C(=O)OC)CC1. The quantitative estimate of drug-likeness (QED) is 0.494. The first-order chi connectivity index (χ1) is 6.77. The second kappa shape index (κ2) is 5.61. The first-order valence-corrected chi connectivity index (χ1v) is 4.91. The monoisotopic (exact) mass is 196 g/mol. The highest BCUT2D eigenvalue weighted by atomic mass is 16.5. The van der Waals surface area contributed by atoms with Gasteiger partial charge in [0.05, 0.1) is 19.6 Å². The van der Waals surface area contributed by atoms with Gasteiger partial charge in [0.15, 0.2) is 0 Å². The molecule has 0 atom stereocenters. The third-order valence-corrected chi connectivity index (χ3v) is 2.65. The van der Waals surface area contributed by atoms with Gasteiger partial charge in [-0.3, -0.25) is 9.69 Å². The Kier molecular flexibility index (Phi) is 4.41. The van der Waals surface area contributed by atoms with Gasteiger partial charge in [-0.05, 0) is 25.9 Å². The number of ether oxygens (including phenoxy) is 1. The number of hydrogen-bond donors (Lipinski definition) is 0. The number of esters is 1. The van der Waals surface area contributed by atoms with Crippen LogP contribution >= 0.6 is 0 Å². The molecular formula is C10H16N2O2. The topological polar surface area (TPSA) is 33.9 Å². The summed E-state index contributed by atoms with van der Waals surface area (Å²) in [7, 11) is 1.44. The molecule has 1 saturated heterocycles. The molecule has 4 nitrogen and oxygen atoms in total. The zero-order chi connectivity index (χ0) is 10.4. The van der Waals surface area contributed by atoms with Crippen molar-refractivity contribution in [2.24, 2.45) is 5.92 Å². The summed E-state index contributed by atoms with van der Waals surface area (Å²) in [6.07, 6.45) is 1.73. The second-order valence-corrected chi connectivity index (χ2v) is 3.52. The van der Waals surface area contributed by atoms with Gasteiger partial charge in [0, 0.05) is 0 Å². The van der Waals surface area contributed by atoms with Crippen molar-refractivity contribution in [2.75, 3.05) is 33.3 Å². The normalized spacial score (nSPS) is 18.9. The third-order valence-electron chi connectivity index (χ3n) is 2.65. The van der Waals surface area contributed by atoms with Gasteiger partial charge in [-0.25, -0.2) is 6.57 Å². The summed E-state index contributed by atoms with van der Waals surface area (Å²) in [5.74, 6) is -0.0148. The minimum Gasteiger partial charge on any atom is -0.469 e. The molecule has 1 heterocycles. The lowest BCUT2D eigenvalue weighted by molar-refractivity contribution is -0.147. The molecule has 0 aromatic heterocycles. The molecule has 0 aromatic carbocycles. The summed E-state index contributed by atoms with van der Waals surface area (Å²) in [4.78, 5) is 16.7. The molecule has 0 unspecified atom stereocenters. The van der Waals surface area contributed by atoms with Gasteiger partial charge >= 0.3 is 5.97 Å². The molecule has 0 aromatic rings. The van der Waals surface area contributed by atoms with E-state index in [1.54, 1.807) is 0 Å². The van der Waals surface area contributed by atoms with E-state index in [9.17, 15) is 4.79 Å². The highest BCUT2D eigenvalue weighted by Crippen LogP contribution is 2.17. The highest BCUT2D eigenvalue weighted by molar-refractivity contribution is 5.72. The number of rotatable bonds is 3. The van der Waals surface area contributed by atoms with Crippen LogP contribution in [-0.4, -0.2) is 44.2 Å². The first kappa shape index (κ1) is 11.0. The van der Waals surface area contributed by atoms with E-state index in [0.717, 1.165) is 32.5 Å². The van der Waals surface area contributed by atoms with E-state index in [0.29, 0.717) is 6.54 Å². The van der Waals surface area contributed by atoms with Crippen LogP contribution in [0.5, 0.6) is 0 Å². The average molecular weight is 196 g/mol. The standard InChI is InChI=1S/C10H16N2O2/c1-11-5-8-12-6-3-9(4-7-12)10(13)14-2/h9H,3-8H2,2H3. The Morgan fingerprint density at radius 1 is 1.57 bits per heavy atom. The highest BCUT2D eigenvalue weighted by Gasteiger charge is 2.25. The van der Waals surface area contributed by atoms with E-state index in [-0.39, 0.29) is 11.9 Å².